The van der Waals surface area contributed by atoms with Crippen molar-refractivity contribution in [3.05, 3.63) is 112 Å². The Hall–Kier alpha value is -2.96. The molecule has 3 heterocycles. The lowest BCUT2D eigenvalue weighted by atomic mass is 9.96. The van der Waals surface area contributed by atoms with Gasteiger partial charge in [-0.05, 0) is 87.1 Å². The predicted octanol–water partition coefficient (Wildman–Crippen LogP) is 6.74. The van der Waals surface area contributed by atoms with E-state index in [1.807, 2.05) is 24.4 Å². The number of nitrogens with one attached hydrogen (secondary N) is 1. The number of nitrogens with zero attached hydrogens (tertiary/aromatic N) is 3. The summed E-state index contributed by atoms with van der Waals surface area (Å²) in [7, 11) is 0. The number of rotatable bonds is 4. The standard InChI is InChI=1S/C27H25BrN4S/c1-17-10-12-21(13-11-17)32-26(25(30-27(32)33)24-9-4-5-14-29-24)23-15-18(2)31(19(23)3)22-8-6-7-20(28)16-22/h4-16,25-26H,1-3H3,(H,30,33)/t25-,26+/m1/s1. The second kappa shape index (κ2) is 8.76. The van der Waals surface area contributed by atoms with Gasteiger partial charge in [-0.2, -0.15) is 0 Å². The number of halogens is 1. The summed E-state index contributed by atoms with van der Waals surface area (Å²) in [6.07, 6.45) is 1.84. The quantitative estimate of drug-likeness (QED) is 0.304. The second-order valence-electron chi connectivity index (χ2n) is 8.47. The highest BCUT2D eigenvalue weighted by atomic mass is 79.9. The Bertz CT molecular complexity index is 1310. The van der Waals surface area contributed by atoms with Crippen LogP contribution >= 0.6 is 28.1 Å². The number of thiocarbonyl (C=S) groups is 1. The van der Waals surface area contributed by atoms with Crippen molar-refractivity contribution in [2.75, 3.05) is 4.90 Å². The fourth-order valence-electron chi connectivity index (χ4n) is 4.75. The van der Waals surface area contributed by atoms with Gasteiger partial charge in [-0.1, -0.05) is 45.8 Å². The Morgan fingerprint density at radius 3 is 2.39 bits per heavy atom. The number of anilines is 1. The van der Waals surface area contributed by atoms with Gasteiger partial charge >= 0.3 is 0 Å². The van der Waals surface area contributed by atoms with Crippen molar-refractivity contribution < 1.29 is 0 Å². The number of hydrogen-bond donors (Lipinski definition) is 1. The number of aryl methyl sites for hydroxylation is 2. The Labute approximate surface area is 208 Å². The average Bonchev–Trinajstić information content (AvgIpc) is 3.30. The molecule has 2 atom stereocenters. The molecule has 0 amide bonds. The van der Waals surface area contributed by atoms with Crippen LogP contribution in [0.15, 0.2) is 83.5 Å². The summed E-state index contributed by atoms with van der Waals surface area (Å²) in [4.78, 5) is 6.92. The van der Waals surface area contributed by atoms with E-state index in [2.05, 4.69) is 111 Å². The highest BCUT2D eigenvalue weighted by Gasteiger charge is 2.42. The van der Waals surface area contributed by atoms with Gasteiger partial charge < -0.3 is 14.8 Å². The largest absolute Gasteiger partial charge is 0.351 e. The lowest BCUT2D eigenvalue weighted by molar-refractivity contribution is 0.565. The predicted molar refractivity (Wildman–Crippen MR) is 142 cm³/mol. The monoisotopic (exact) mass is 516 g/mol. The molecular formula is C27H25BrN4S. The van der Waals surface area contributed by atoms with Gasteiger partial charge in [0.25, 0.3) is 0 Å². The third-order valence-corrected chi connectivity index (χ3v) is 7.07. The molecule has 6 heteroatoms. The maximum Gasteiger partial charge on any atom is 0.174 e. The molecular weight excluding hydrogens is 492 g/mol. The minimum atomic E-state index is -0.0588. The first kappa shape index (κ1) is 21.9. The van der Waals surface area contributed by atoms with Gasteiger partial charge in [0, 0.05) is 33.4 Å². The molecule has 166 valence electrons. The molecule has 33 heavy (non-hydrogen) atoms. The zero-order chi connectivity index (χ0) is 23.1. The molecule has 0 bridgehead atoms. The van der Waals surface area contributed by atoms with Crippen LogP contribution in [0, 0.1) is 20.8 Å². The maximum absolute atomic E-state index is 5.88. The molecule has 2 aromatic heterocycles. The fraction of sp³-hybridized carbons (Fsp3) is 0.185. The van der Waals surface area contributed by atoms with Crippen LogP contribution in [0.25, 0.3) is 5.69 Å². The van der Waals surface area contributed by atoms with Crippen molar-refractivity contribution in [1.29, 1.82) is 0 Å². The number of pyridine rings is 1. The van der Waals surface area contributed by atoms with Crippen LogP contribution in [0.1, 0.15) is 40.3 Å². The Morgan fingerprint density at radius 1 is 0.909 bits per heavy atom. The average molecular weight is 517 g/mol. The van der Waals surface area contributed by atoms with Crippen molar-refractivity contribution in [3.8, 4) is 5.69 Å². The van der Waals surface area contributed by atoms with E-state index in [1.54, 1.807) is 0 Å². The first-order valence-corrected chi connectivity index (χ1v) is 12.2. The highest BCUT2D eigenvalue weighted by Crippen LogP contribution is 2.43. The van der Waals surface area contributed by atoms with Crippen LogP contribution in [0.5, 0.6) is 0 Å². The van der Waals surface area contributed by atoms with E-state index in [0.29, 0.717) is 5.11 Å². The third kappa shape index (κ3) is 3.98. The fourth-order valence-corrected chi connectivity index (χ4v) is 5.49. The first-order chi connectivity index (χ1) is 15.9. The van der Waals surface area contributed by atoms with Gasteiger partial charge in [0.15, 0.2) is 5.11 Å². The van der Waals surface area contributed by atoms with Crippen molar-refractivity contribution in [2.45, 2.75) is 32.9 Å². The Balaban J connectivity index is 1.68. The minimum Gasteiger partial charge on any atom is -0.351 e. The van der Waals surface area contributed by atoms with Gasteiger partial charge in [-0.25, -0.2) is 0 Å². The van der Waals surface area contributed by atoms with Crippen LogP contribution in [0.3, 0.4) is 0 Å². The Morgan fingerprint density at radius 2 is 1.70 bits per heavy atom. The van der Waals surface area contributed by atoms with Crippen molar-refractivity contribution >= 4 is 38.9 Å². The van der Waals surface area contributed by atoms with Gasteiger partial charge in [-0.15, -0.1) is 0 Å². The molecule has 1 fully saturated rings. The summed E-state index contributed by atoms with van der Waals surface area (Å²) in [6.45, 7) is 6.45. The molecule has 0 saturated carbocycles. The van der Waals surface area contributed by atoms with E-state index in [4.69, 9.17) is 12.2 Å². The van der Waals surface area contributed by atoms with E-state index < -0.39 is 0 Å². The molecule has 4 nitrogen and oxygen atoms in total. The molecule has 0 spiro atoms. The molecule has 4 aromatic rings. The van der Waals surface area contributed by atoms with Crippen molar-refractivity contribution in [1.82, 2.24) is 14.9 Å². The van der Waals surface area contributed by atoms with Gasteiger partial charge in [0.2, 0.25) is 0 Å². The van der Waals surface area contributed by atoms with E-state index in [-0.39, 0.29) is 12.1 Å². The summed E-state index contributed by atoms with van der Waals surface area (Å²) in [5.74, 6) is 0. The molecule has 1 aliphatic rings. The van der Waals surface area contributed by atoms with Gasteiger partial charge in [-0.3, -0.25) is 4.98 Å². The normalized spacial score (nSPS) is 17.9. The zero-order valence-electron chi connectivity index (χ0n) is 18.8. The molecule has 0 unspecified atom stereocenters. The molecule has 1 saturated heterocycles. The minimum absolute atomic E-state index is 0.0257. The molecule has 5 rings (SSSR count). The topological polar surface area (TPSA) is 33.1 Å². The van der Waals surface area contributed by atoms with Crippen LogP contribution in [0.4, 0.5) is 5.69 Å². The zero-order valence-corrected chi connectivity index (χ0v) is 21.2. The summed E-state index contributed by atoms with van der Waals surface area (Å²) in [5.41, 5.74) is 8.02. The van der Waals surface area contributed by atoms with Crippen LogP contribution in [0.2, 0.25) is 0 Å². The molecule has 0 aliphatic carbocycles. The SMILES string of the molecule is Cc1ccc(N2C(=S)N[C@H](c3ccccn3)[C@@H]2c2cc(C)n(-c3cccc(Br)c3)c2C)cc1. The molecule has 1 N–H and O–H groups in total. The van der Waals surface area contributed by atoms with Crippen LogP contribution < -0.4 is 10.2 Å². The van der Waals surface area contributed by atoms with E-state index >= 15 is 0 Å². The number of aromatic nitrogens is 2. The van der Waals surface area contributed by atoms with E-state index in [0.717, 1.165) is 21.5 Å². The van der Waals surface area contributed by atoms with E-state index in [1.165, 1.54) is 22.5 Å². The van der Waals surface area contributed by atoms with Gasteiger partial charge in [0.1, 0.15) is 0 Å². The second-order valence-corrected chi connectivity index (χ2v) is 9.78. The summed E-state index contributed by atoms with van der Waals surface area (Å²) in [6, 6.07) is 25.2. The Kier molecular flexibility index (Phi) is 5.81. The van der Waals surface area contributed by atoms with Crippen LogP contribution in [-0.4, -0.2) is 14.7 Å². The summed E-state index contributed by atoms with van der Waals surface area (Å²) >= 11 is 9.50. The molecule has 0 radical (unpaired) electrons. The molecule has 2 aromatic carbocycles. The maximum atomic E-state index is 5.88. The molecule has 1 aliphatic heterocycles. The van der Waals surface area contributed by atoms with E-state index in [9.17, 15) is 0 Å². The van der Waals surface area contributed by atoms with Crippen molar-refractivity contribution in [2.24, 2.45) is 0 Å². The smallest absolute Gasteiger partial charge is 0.174 e. The van der Waals surface area contributed by atoms with Gasteiger partial charge in [0.05, 0.1) is 17.8 Å². The lowest BCUT2D eigenvalue weighted by Gasteiger charge is -2.28. The lowest BCUT2D eigenvalue weighted by Crippen LogP contribution is -2.29. The number of benzene rings is 2. The third-order valence-electron chi connectivity index (χ3n) is 6.27. The first-order valence-electron chi connectivity index (χ1n) is 11.0. The summed E-state index contributed by atoms with van der Waals surface area (Å²) < 4.78 is 3.37. The number of hydrogen-bond acceptors (Lipinski definition) is 2. The van der Waals surface area contributed by atoms with Crippen molar-refractivity contribution in [3.63, 3.8) is 0 Å². The highest BCUT2D eigenvalue weighted by molar-refractivity contribution is 9.10. The van der Waals surface area contributed by atoms with Crippen LogP contribution in [-0.2, 0) is 0 Å². The summed E-state index contributed by atoms with van der Waals surface area (Å²) in [5, 5.41) is 4.28.